The van der Waals surface area contributed by atoms with Crippen LogP contribution in [0.3, 0.4) is 0 Å². The summed E-state index contributed by atoms with van der Waals surface area (Å²) >= 11 is 6.12. The number of furan rings is 1. The number of nitrogens with one attached hydrogen (secondary N) is 1. The molecule has 9 nitrogen and oxygen atoms in total. The van der Waals surface area contributed by atoms with Crippen molar-refractivity contribution >= 4 is 40.9 Å². The van der Waals surface area contributed by atoms with Gasteiger partial charge in [0.1, 0.15) is 23.2 Å². The van der Waals surface area contributed by atoms with Gasteiger partial charge in [-0.2, -0.15) is 5.26 Å². The van der Waals surface area contributed by atoms with E-state index in [0.29, 0.717) is 16.8 Å². The molecule has 0 bridgehead atoms. The van der Waals surface area contributed by atoms with Crippen LogP contribution >= 0.6 is 11.6 Å². The second-order valence-electron chi connectivity index (χ2n) is 6.55. The van der Waals surface area contributed by atoms with Crippen LogP contribution in [0.15, 0.2) is 64.6 Å². The molecule has 1 heterocycles. The zero-order chi connectivity index (χ0) is 24.0. The van der Waals surface area contributed by atoms with Crippen molar-refractivity contribution in [2.75, 3.05) is 11.9 Å². The summed E-state index contributed by atoms with van der Waals surface area (Å²) in [6.45, 7) is 1.94. The Hall–Kier alpha value is -4.42. The van der Waals surface area contributed by atoms with Gasteiger partial charge in [-0.25, -0.2) is 4.79 Å². The number of carbonyl (C=O) groups excluding carboxylic acids is 2. The van der Waals surface area contributed by atoms with Crippen LogP contribution < -0.4 is 5.32 Å². The number of anilines is 1. The normalized spacial score (nSPS) is 10.9. The number of esters is 1. The third kappa shape index (κ3) is 5.64. The topological polar surface area (TPSA) is 135 Å². The van der Waals surface area contributed by atoms with E-state index in [2.05, 4.69) is 5.32 Å². The molecule has 0 aliphatic carbocycles. The number of non-ortho nitro benzene ring substituents is 1. The minimum absolute atomic E-state index is 0.158. The molecule has 3 rings (SSSR count). The molecule has 1 aromatic heterocycles. The third-order valence-corrected chi connectivity index (χ3v) is 4.69. The van der Waals surface area contributed by atoms with Gasteiger partial charge in [0.15, 0.2) is 0 Å². The lowest BCUT2D eigenvalue weighted by Gasteiger charge is -2.06. The predicted molar refractivity (Wildman–Crippen MR) is 120 cm³/mol. The van der Waals surface area contributed by atoms with Crippen LogP contribution in [-0.2, 0) is 9.53 Å². The number of benzene rings is 2. The fraction of sp³-hybridized carbons (Fsp3) is 0.0870. The first kappa shape index (κ1) is 23.2. The molecular formula is C23H16ClN3O6. The van der Waals surface area contributed by atoms with E-state index in [9.17, 15) is 25.0 Å². The molecule has 0 aliphatic heterocycles. The first-order valence-corrected chi connectivity index (χ1v) is 9.94. The van der Waals surface area contributed by atoms with Crippen molar-refractivity contribution in [1.82, 2.24) is 0 Å². The number of amides is 1. The van der Waals surface area contributed by atoms with Crippen molar-refractivity contribution in [1.29, 1.82) is 5.26 Å². The van der Waals surface area contributed by atoms with Crippen LogP contribution in [0.2, 0.25) is 5.02 Å². The van der Waals surface area contributed by atoms with E-state index in [4.69, 9.17) is 20.8 Å². The molecule has 2 aromatic carbocycles. The van der Waals surface area contributed by atoms with Crippen LogP contribution in [0.4, 0.5) is 11.4 Å². The van der Waals surface area contributed by atoms with Gasteiger partial charge in [-0.1, -0.05) is 11.6 Å². The van der Waals surface area contributed by atoms with Crippen molar-refractivity contribution in [3.05, 3.63) is 86.6 Å². The molecule has 0 atom stereocenters. The van der Waals surface area contributed by atoms with Crippen molar-refractivity contribution in [2.24, 2.45) is 0 Å². The molecule has 1 N–H and O–H groups in total. The number of nitro groups is 1. The lowest BCUT2D eigenvalue weighted by molar-refractivity contribution is -0.384. The van der Waals surface area contributed by atoms with Gasteiger partial charge in [0, 0.05) is 29.5 Å². The number of nitro benzene ring substituents is 1. The number of halogens is 1. The smallest absolute Gasteiger partial charge is 0.338 e. The number of ether oxygens (including phenoxy) is 1. The Bertz CT molecular complexity index is 1290. The highest BCUT2D eigenvalue weighted by molar-refractivity contribution is 6.33. The van der Waals surface area contributed by atoms with Gasteiger partial charge in [0.2, 0.25) is 0 Å². The van der Waals surface area contributed by atoms with Crippen molar-refractivity contribution in [3.8, 4) is 17.4 Å². The number of nitrogens with zero attached hydrogens (tertiary/aromatic N) is 2. The summed E-state index contributed by atoms with van der Waals surface area (Å²) in [5.41, 5.74) is 0.603. The summed E-state index contributed by atoms with van der Waals surface area (Å²) < 4.78 is 10.5. The molecule has 33 heavy (non-hydrogen) atoms. The molecule has 166 valence electrons. The summed E-state index contributed by atoms with van der Waals surface area (Å²) in [5.74, 6) is -0.752. The third-order valence-electron chi connectivity index (χ3n) is 4.36. The fourth-order valence-electron chi connectivity index (χ4n) is 2.78. The van der Waals surface area contributed by atoms with E-state index >= 15 is 0 Å². The fourth-order valence-corrected chi connectivity index (χ4v) is 2.99. The van der Waals surface area contributed by atoms with Crippen LogP contribution in [0.25, 0.3) is 17.4 Å². The molecule has 0 radical (unpaired) electrons. The Kier molecular flexibility index (Phi) is 7.23. The second-order valence-corrected chi connectivity index (χ2v) is 6.95. The maximum absolute atomic E-state index is 12.5. The van der Waals surface area contributed by atoms with Gasteiger partial charge in [-0.15, -0.1) is 0 Å². The lowest BCUT2D eigenvalue weighted by Crippen LogP contribution is -2.13. The highest BCUT2D eigenvalue weighted by Gasteiger charge is 2.16. The lowest BCUT2D eigenvalue weighted by atomic mass is 10.1. The SMILES string of the molecule is CCOC(=O)c1ccc(NC(=O)/C(C#N)=C/c2ccc(-c3cc([N+](=O)[O-])ccc3Cl)o2)cc1. The quantitative estimate of drug-likeness (QED) is 0.166. The van der Waals surface area contributed by atoms with E-state index in [0.717, 1.165) is 0 Å². The summed E-state index contributed by atoms with van der Waals surface area (Å²) in [5, 5.41) is 23.2. The van der Waals surface area contributed by atoms with E-state index in [-0.39, 0.29) is 34.4 Å². The molecular weight excluding hydrogens is 450 g/mol. The zero-order valence-corrected chi connectivity index (χ0v) is 18.0. The largest absolute Gasteiger partial charge is 0.462 e. The maximum Gasteiger partial charge on any atom is 0.338 e. The van der Waals surface area contributed by atoms with Crippen molar-refractivity contribution in [2.45, 2.75) is 6.92 Å². The van der Waals surface area contributed by atoms with E-state index in [1.807, 2.05) is 0 Å². The summed E-state index contributed by atoms with van der Waals surface area (Å²) in [4.78, 5) is 34.6. The van der Waals surface area contributed by atoms with Gasteiger partial charge in [0.25, 0.3) is 11.6 Å². The molecule has 0 fully saturated rings. The first-order chi connectivity index (χ1) is 15.8. The van der Waals surface area contributed by atoms with Crippen LogP contribution in [0, 0.1) is 21.4 Å². The number of hydrogen-bond acceptors (Lipinski definition) is 7. The standard InChI is InChI=1S/C23H16ClN3O6/c1-2-32-23(29)14-3-5-16(6-4-14)26-22(28)15(13-25)11-18-8-10-21(33-18)19-12-17(27(30)31)7-9-20(19)24/h3-12H,2H2,1H3,(H,26,28)/b15-11+. The molecule has 0 saturated heterocycles. The maximum atomic E-state index is 12.5. The summed E-state index contributed by atoms with van der Waals surface area (Å²) in [7, 11) is 0. The molecule has 0 saturated carbocycles. The van der Waals surface area contributed by atoms with Gasteiger partial charge in [-0.3, -0.25) is 14.9 Å². The molecule has 0 aliphatic rings. The second kappa shape index (κ2) is 10.3. The van der Waals surface area contributed by atoms with Crippen molar-refractivity contribution < 1.29 is 23.7 Å². The molecule has 10 heteroatoms. The first-order valence-electron chi connectivity index (χ1n) is 9.57. The number of nitriles is 1. The van der Waals surface area contributed by atoms with Gasteiger partial charge < -0.3 is 14.5 Å². The van der Waals surface area contributed by atoms with Gasteiger partial charge in [0.05, 0.1) is 22.1 Å². The molecule has 0 spiro atoms. The van der Waals surface area contributed by atoms with E-state index in [1.54, 1.807) is 13.0 Å². The monoisotopic (exact) mass is 465 g/mol. The average Bonchev–Trinajstić information content (AvgIpc) is 3.26. The van der Waals surface area contributed by atoms with Crippen LogP contribution in [0.5, 0.6) is 0 Å². The number of carbonyl (C=O) groups is 2. The van der Waals surface area contributed by atoms with E-state index < -0.39 is 16.8 Å². The van der Waals surface area contributed by atoms with Gasteiger partial charge in [-0.05, 0) is 49.4 Å². The van der Waals surface area contributed by atoms with Crippen LogP contribution in [0.1, 0.15) is 23.0 Å². The Labute approximate surface area is 193 Å². The number of rotatable bonds is 7. The molecule has 1 amide bonds. The van der Waals surface area contributed by atoms with E-state index in [1.165, 1.54) is 60.7 Å². The van der Waals surface area contributed by atoms with Crippen molar-refractivity contribution in [3.63, 3.8) is 0 Å². The average molecular weight is 466 g/mol. The zero-order valence-electron chi connectivity index (χ0n) is 17.2. The predicted octanol–water partition coefficient (Wildman–Crippen LogP) is 5.23. The Morgan fingerprint density at radius 3 is 2.58 bits per heavy atom. The van der Waals surface area contributed by atoms with Gasteiger partial charge >= 0.3 is 5.97 Å². The summed E-state index contributed by atoms with van der Waals surface area (Å²) in [6.07, 6.45) is 1.23. The summed E-state index contributed by atoms with van der Waals surface area (Å²) in [6, 6.07) is 14.8. The minimum atomic E-state index is -0.687. The number of hydrogen-bond donors (Lipinski definition) is 1. The Morgan fingerprint density at radius 1 is 1.21 bits per heavy atom. The highest BCUT2D eigenvalue weighted by atomic mass is 35.5. The molecule has 3 aromatic rings. The minimum Gasteiger partial charge on any atom is -0.462 e. The van der Waals surface area contributed by atoms with Crippen LogP contribution in [-0.4, -0.2) is 23.4 Å². The molecule has 0 unspecified atom stereocenters. The highest BCUT2D eigenvalue weighted by Crippen LogP contribution is 2.33. The Balaban J connectivity index is 1.78. The Morgan fingerprint density at radius 2 is 1.94 bits per heavy atom.